The fraction of sp³-hybridized carbons (Fsp3) is 0.211. The molecule has 0 unspecified atom stereocenters. The predicted octanol–water partition coefficient (Wildman–Crippen LogP) is 4.12. The number of ether oxygens (including phenoxy) is 1. The van der Waals surface area contributed by atoms with Crippen LogP contribution in [0.25, 0.3) is 10.9 Å². The number of amides is 1. The van der Waals surface area contributed by atoms with Crippen LogP contribution in [0.1, 0.15) is 29.8 Å². The van der Waals surface area contributed by atoms with Crippen LogP contribution in [0.3, 0.4) is 0 Å². The van der Waals surface area contributed by atoms with Gasteiger partial charge in [-0.25, -0.2) is 0 Å². The first-order chi connectivity index (χ1) is 11.1. The van der Waals surface area contributed by atoms with Gasteiger partial charge in [0.25, 0.3) is 5.91 Å². The summed E-state index contributed by atoms with van der Waals surface area (Å²) >= 11 is 0. The second-order valence-corrected chi connectivity index (χ2v) is 6.13. The molecule has 0 spiro atoms. The summed E-state index contributed by atoms with van der Waals surface area (Å²) in [5, 5.41) is 1.14. The lowest BCUT2D eigenvalue weighted by atomic mass is 10.1. The van der Waals surface area contributed by atoms with Gasteiger partial charge in [0.05, 0.1) is 12.6 Å². The maximum Gasteiger partial charge on any atom is 0.259 e. The van der Waals surface area contributed by atoms with Crippen molar-refractivity contribution in [3.05, 3.63) is 59.8 Å². The van der Waals surface area contributed by atoms with Gasteiger partial charge in [-0.3, -0.25) is 4.79 Å². The normalized spacial score (nSPS) is 13.9. The van der Waals surface area contributed by atoms with Gasteiger partial charge in [-0.2, -0.15) is 0 Å². The first-order valence-corrected chi connectivity index (χ1v) is 7.80. The van der Waals surface area contributed by atoms with Crippen LogP contribution in [-0.4, -0.2) is 17.0 Å². The molecule has 2 aromatic carbocycles. The largest absolute Gasteiger partial charge is 0.491 e. The van der Waals surface area contributed by atoms with Crippen LogP contribution in [0.15, 0.2) is 48.7 Å². The summed E-state index contributed by atoms with van der Waals surface area (Å²) in [5.41, 5.74) is 3.72. The minimum absolute atomic E-state index is 0.0279. The number of aromatic nitrogens is 1. The molecule has 0 bridgehead atoms. The molecule has 0 radical (unpaired) electrons. The zero-order valence-electron chi connectivity index (χ0n) is 13.2. The van der Waals surface area contributed by atoms with Crippen molar-refractivity contribution >= 4 is 22.5 Å². The summed E-state index contributed by atoms with van der Waals surface area (Å²) in [4.78, 5) is 17.8. The van der Waals surface area contributed by atoms with E-state index in [0.717, 1.165) is 33.5 Å². The Balaban J connectivity index is 1.68. The van der Waals surface area contributed by atoms with E-state index in [4.69, 9.17) is 4.74 Å². The number of nitrogens with zero attached hydrogens (tertiary/aromatic N) is 1. The Labute approximate surface area is 134 Å². The molecule has 2 heterocycles. The monoisotopic (exact) mass is 306 g/mol. The van der Waals surface area contributed by atoms with Crippen LogP contribution in [-0.2, 0) is 6.54 Å². The summed E-state index contributed by atoms with van der Waals surface area (Å²) in [6.07, 6.45) is 2.00. The van der Waals surface area contributed by atoms with E-state index in [2.05, 4.69) is 4.98 Å². The molecule has 4 heteroatoms. The molecular weight excluding hydrogens is 288 g/mol. The molecule has 1 aromatic heterocycles. The Morgan fingerprint density at radius 2 is 2.00 bits per heavy atom. The second kappa shape index (κ2) is 5.16. The zero-order valence-corrected chi connectivity index (χ0v) is 13.2. The maximum atomic E-state index is 12.8. The lowest BCUT2D eigenvalue weighted by molar-refractivity contribution is 0.0996. The van der Waals surface area contributed by atoms with Crippen molar-refractivity contribution in [1.29, 1.82) is 0 Å². The summed E-state index contributed by atoms with van der Waals surface area (Å²) in [5.74, 6) is 0.772. The van der Waals surface area contributed by atoms with Gasteiger partial charge in [-0.05, 0) is 55.1 Å². The maximum absolute atomic E-state index is 12.8. The Bertz CT molecular complexity index is 895. The van der Waals surface area contributed by atoms with Gasteiger partial charge in [-0.1, -0.05) is 12.1 Å². The van der Waals surface area contributed by atoms with Crippen molar-refractivity contribution in [3.63, 3.8) is 0 Å². The number of nitrogens with one attached hydrogen (secondary N) is 1. The number of hydrogen-bond acceptors (Lipinski definition) is 2. The number of benzene rings is 2. The van der Waals surface area contributed by atoms with Gasteiger partial charge in [0.15, 0.2) is 0 Å². The lowest BCUT2D eigenvalue weighted by Crippen LogP contribution is -2.22. The number of anilines is 1. The van der Waals surface area contributed by atoms with Crippen LogP contribution < -0.4 is 9.64 Å². The number of hydrogen-bond donors (Lipinski definition) is 1. The highest BCUT2D eigenvalue weighted by Gasteiger charge is 2.29. The zero-order chi connectivity index (χ0) is 16.0. The third kappa shape index (κ3) is 2.36. The quantitative estimate of drug-likeness (QED) is 0.791. The van der Waals surface area contributed by atoms with E-state index >= 15 is 0 Å². The van der Waals surface area contributed by atoms with Crippen molar-refractivity contribution < 1.29 is 9.53 Å². The van der Waals surface area contributed by atoms with Crippen molar-refractivity contribution in [2.45, 2.75) is 26.5 Å². The SMILES string of the molecule is CC(C)Oc1ccc2c(c1)C(=O)N(c1ccc3cc[nH]c3c1)C2. The van der Waals surface area contributed by atoms with E-state index in [1.165, 1.54) is 0 Å². The molecule has 3 aromatic rings. The van der Waals surface area contributed by atoms with Gasteiger partial charge in [-0.15, -0.1) is 0 Å². The number of aromatic amines is 1. The second-order valence-electron chi connectivity index (χ2n) is 6.13. The molecule has 0 saturated heterocycles. The van der Waals surface area contributed by atoms with Crippen molar-refractivity contribution in [1.82, 2.24) is 4.98 Å². The van der Waals surface area contributed by atoms with Crippen LogP contribution in [0.2, 0.25) is 0 Å². The first kappa shape index (κ1) is 13.9. The highest BCUT2D eigenvalue weighted by Crippen LogP contribution is 2.32. The molecular formula is C19H18N2O2. The third-order valence-electron chi connectivity index (χ3n) is 4.11. The van der Waals surface area contributed by atoms with Gasteiger partial charge >= 0.3 is 0 Å². The number of H-pyrrole nitrogens is 1. The van der Waals surface area contributed by atoms with E-state index in [0.29, 0.717) is 6.54 Å². The average molecular weight is 306 g/mol. The summed E-state index contributed by atoms with van der Waals surface area (Å²) in [6.45, 7) is 4.56. The lowest BCUT2D eigenvalue weighted by Gasteiger charge is -2.15. The Kier molecular flexibility index (Phi) is 3.11. The Hall–Kier alpha value is -2.75. The number of rotatable bonds is 3. The highest BCUT2D eigenvalue weighted by atomic mass is 16.5. The molecule has 0 aliphatic carbocycles. The van der Waals surface area contributed by atoms with Crippen molar-refractivity contribution in [2.75, 3.05) is 4.90 Å². The average Bonchev–Trinajstić information content (AvgIpc) is 3.11. The first-order valence-electron chi connectivity index (χ1n) is 7.80. The topological polar surface area (TPSA) is 45.3 Å². The van der Waals surface area contributed by atoms with Crippen LogP contribution in [0, 0.1) is 0 Å². The predicted molar refractivity (Wildman–Crippen MR) is 91.0 cm³/mol. The van der Waals surface area contributed by atoms with Crippen molar-refractivity contribution in [3.8, 4) is 5.75 Å². The molecule has 23 heavy (non-hydrogen) atoms. The van der Waals surface area contributed by atoms with Gasteiger partial charge in [0, 0.05) is 23.0 Å². The van der Waals surface area contributed by atoms with Gasteiger partial charge < -0.3 is 14.6 Å². The minimum Gasteiger partial charge on any atom is -0.491 e. The van der Waals surface area contributed by atoms with Gasteiger partial charge in [0.1, 0.15) is 5.75 Å². The third-order valence-corrected chi connectivity index (χ3v) is 4.11. The Morgan fingerprint density at radius 1 is 1.13 bits per heavy atom. The molecule has 0 atom stereocenters. The van der Waals surface area contributed by atoms with E-state index in [1.54, 1.807) is 0 Å². The van der Waals surface area contributed by atoms with E-state index in [-0.39, 0.29) is 12.0 Å². The number of fused-ring (bicyclic) bond motifs is 2. The van der Waals surface area contributed by atoms with Crippen LogP contribution >= 0.6 is 0 Å². The Morgan fingerprint density at radius 3 is 2.83 bits per heavy atom. The molecule has 1 N–H and O–H groups in total. The molecule has 4 nitrogen and oxygen atoms in total. The summed E-state index contributed by atoms with van der Waals surface area (Å²) in [6, 6.07) is 13.8. The van der Waals surface area contributed by atoms with Crippen LogP contribution in [0.5, 0.6) is 5.75 Å². The minimum atomic E-state index is 0.0279. The molecule has 1 amide bonds. The summed E-state index contributed by atoms with van der Waals surface area (Å²) < 4.78 is 5.70. The molecule has 4 rings (SSSR count). The number of carbonyl (C=O) groups is 1. The van der Waals surface area contributed by atoms with Gasteiger partial charge in [0.2, 0.25) is 0 Å². The number of carbonyl (C=O) groups excluding carboxylic acids is 1. The van der Waals surface area contributed by atoms with Crippen molar-refractivity contribution in [2.24, 2.45) is 0 Å². The highest BCUT2D eigenvalue weighted by molar-refractivity contribution is 6.10. The molecule has 1 aliphatic rings. The fourth-order valence-corrected chi connectivity index (χ4v) is 3.04. The smallest absolute Gasteiger partial charge is 0.259 e. The van der Waals surface area contributed by atoms with E-state index in [9.17, 15) is 4.79 Å². The molecule has 1 aliphatic heterocycles. The fourth-order valence-electron chi connectivity index (χ4n) is 3.04. The van der Waals surface area contributed by atoms with E-state index in [1.807, 2.05) is 67.4 Å². The molecule has 0 fully saturated rings. The summed E-state index contributed by atoms with van der Waals surface area (Å²) in [7, 11) is 0. The molecule has 116 valence electrons. The standard InChI is InChI=1S/C19H18N2O2/c1-12(2)23-16-6-4-14-11-21(19(22)17(14)10-16)15-5-3-13-7-8-20-18(13)9-15/h3-10,12,20H,11H2,1-2H3. The van der Waals surface area contributed by atoms with E-state index < -0.39 is 0 Å². The molecule has 0 saturated carbocycles. The van der Waals surface area contributed by atoms with Crippen LogP contribution in [0.4, 0.5) is 5.69 Å².